The number of amides is 1. The summed E-state index contributed by atoms with van der Waals surface area (Å²) in [6.45, 7) is 3.39. The predicted molar refractivity (Wildman–Crippen MR) is 94.7 cm³/mol. The van der Waals surface area contributed by atoms with E-state index in [4.69, 9.17) is 0 Å². The van der Waals surface area contributed by atoms with Crippen molar-refractivity contribution in [2.24, 2.45) is 0 Å². The third-order valence-electron chi connectivity index (χ3n) is 5.74. The first kappa shape index (κ1) is 19.1. The number of carbonyl (C=O) groups is 1. The van der Waals surface area contributed by atoms with Crippen LogP contribution in [0, 0.1) is 13.8 Å². The molecule has 2 saturated heterocycles. The smallest absolute Gasteiger partial charge is 0.353 e. The second kappa shape index (κ2) is 6.98. The summed E-state index contributed by atoms with van der Waals surface area (Å²) >= 11 is 0. The Morgan fingerprint density at radius 3 is 2.54 bits per heavy atom. The van der Waals surface area contributed by atoms with Crippen molar-refractivity contribution in [1.82, 2.24) is 30.2 Å². The summed E-state index contributed by atoms with van der Waals surface area (Å²) in [6.07, 6.45) is 0.265. The first-order valence-corrected chi connectivity index (χ1v) is 9.56. The monoisotopic (exact) mass is 396 g/mol. The standard InChI is InChI=1S/C18H23F3N6O/c1-9-14(10(2)27-17(22-9)25-16(26-27)18(19,20)21)5-6-15(28)24-13-7-11-3-4-12(8-13)23-11/h11-13,23H,3-8H2,1-2H3,(H,24,28). The molecule has 0 aliphatic carbocycles. The molecule has 7 nitrogen and oxygen atoms in total. The second-order valence-electron chi connectivity index (χ2n) is 7.78. The average Bonchev–Trinajstić information content (AvgIpc) is 3.18. The fourth-order valence-electron chi connectivity index (χ4n) is 4.40. The molecule has 2 aliphatic heterocycles. The molecule has 2 N–H and O–H groups in total. The molecule has 2 fully saturated rings. The number of rotatable bonds is 4. The lowest BCUT2D eigenvalue weighted by Crippen LogP contribution is -2.48. The van der Waals surface area contributed by atoms with Gasteiger partial charge >= 0.3 is 6.18 Å². The van der Waals surface area contributed by atoms with Crippen LogP contribution in [0.15, 0.2) is 0 Å². The van der Waals surface area contributed by atoms with Crippen molar-refractivity contribution >= 4 is 11.7 Å². The van der Waals surface area contributed by atoms with Crippen molar-refractivity contribution < 1.29 is 18.0 Å². The number of alkyl halides is 3. The van der Waals surface area contributed by atoms with Gasteiger partial charge in [0, 0.05) is 35.9 Å². The molecule has 2 unspecified atom stereocenters. The van der Waals surface area contributed by atoms with Crippen molar-refractivity contribution in [2.45, 2.75) is 76.7 Å². The van der Waals surface area contributed by atoms with Gasteiger partial charge in [-0.2, -0.15) is 18.2 Å². The van der Waals surface area contributed by atoms with Crippen LogP contribution in [0.5, 0.6) is 0 Å². The van der Waals surface area contributed by atoms with Gasteiger partial charge in [0.2, 0.25) is 5.91 Å². The van der Waals surface area contributed by atoms with E-state index in [1.54, 1.807) is 13.8 Å². The van der Waals surface area contributed by atoms with Crippen LogP contribution >= 0.6 is 0 Å². The van der Waals surface area contributed by atoms with E-state index in [0.29, 0.717) is 29.9 Å². The van der Waals surface area contributed by atoms with E-state index in [1.807, 2.05) is 0 Å². The number of carbonyl (C=O) groups excluding carboxylic acids is 1. The van der Waals surface area contributed by atoms with Crippen molar-refractivity contribution in [3.8, 4) is 0 Å². The fourth-order valence-corrected chi connectivity index (χ4v) is 4.40. The summed E-state index contributed by atoms with van der Waals surface area (Å²) in [7, 11) is 0. The van der Waals surface area contributed by atoms with Crippen molar-refractivity contribution in [3.63, 3.8) is 0 Å². The third kappa shape index (κ3) is 3.69. The van der Waals surface area contributed by atoms with Gasteiger partial charge in [-0.05, 0) is 51.5 Å². The van der Waals surface area contributed by atoms with Gasteiger partial charge in [-0.15, -0.1) is 5.10 Å². The largest absolute Gasteiger partial charge is 0.453 e. The molecule has 2 bridgehead atoms. The van der Waals surface area contributed by atoms with Gasteiger partial charge in [0.25, 0.3) is 11.6 Å². The van der Waals surface area contributed by atoms with Crippen LogP contribution in [0.3, 0.4) is 0 Å². The Hall–Kier alpha value is -2.23. The van der Waals surface area contributed by atoms with E-state index in [-0.39, 0.29) is 24.1 Å². The fraction of sp³-hybridized carbons (Fsp3) is 0.667. The molecule has 2 atom stereocenters. The highest BCUT2D eigenvalue weighted by atomic mass is 19.4. The Balaban J connectivity index is 1.44. The molecule has 2 aromatic rings. The molecule has 2 aliphatic rings. The Morgan fingerprint density at radius 2 is 1.89 bits per heavy atom. The van der Waals surface area contributed by atoms with E-state index in [1.165, 1.54) is 12.8 Å². The summed E-state index contributed by atoms with van der Waals surface area (Å²) in [5.41, 5.74) is 1.82. The first-order chi connectivity index (χ1) is 13.2. The molecule has 152 valence electrons. The summed E-state index contributed by atoms with van der Waals surface area (Å²) in [4.78, 5) is 20.0. The Bertz CT molecular complexity index is 897. The first-order valence-electron chi connectivity index (χ1n) is 9.56. The van der Waals surface area contributed by atoms with Crippen LogP contribution in [0.1, 0.15) is 54.9 Å². The van der Waals surface area contributed by atoms with Gasteiger partial charge in [0.15, 0.2) is 0 Å². The van der Waals surface area contributed by atoms with Gasteiger partial charge < -0.3 is 10.6 Å². The number of hydrogen-bond acceptors (Lipinski definition) is 5. The van der Waals surface area contributed by atoms with Gasteiger partial charge in [0.1, 0.15) is 0 Å². The third-order valence-corrected chi connectivity index (χ3v) is 5.74. The van der Waals surface area contributed by atoms with Crippen LogP contribution in [0.2, 0.25) is 0 Å². The van der Waals surface area contributed by atoms with Gasteiger partial charge in [-0.3, -0.25) is 4.79 Å². The molecule has 4 rings (SSSR count). The number of aromatic nitrogens is 4. The molecule has 10 heteroatoms. The lowest BCUT2D eigenvalue weighted by atomic mass is 9.99. The molecular formula is C18H23F3N6O. The predicted octanol–water partition coefficient (Wildman–Crippen LogP) is 2.09. The van der Waals surface area contributed by atoms with Gasteiger partial charge in [-0.1, -0.05) is 0 Å². The molecule has 2 aromatic heterocycles. The minimum atomic E-state index is -4.62. The summed E-state index contributed by atoms with van der Waals surface area (Å²) in [5.74, 6) is -1.33. The maximum absolute atomic E-state index is 12.9. The van der Waals surface area contributed by atoms with Crippen molar-refractivity contribution in [1.29, 1.82) is 0 Å². The van der Waals surface area contributed by atoms with E-state index >= 15 is 0 Å². The summed E-state index contributed by atoms with van der Waals surface area (Å²) in [5, 5.41) is 10.2. The Labute approximate surface area is 160 Å². The number of nitrogens with one attached hydrogen (secondary N) is 2. The van der Waals surface area contributed by atoms with Crippen molar-refractivity contribution in [3.05, 3.63) is 22.8 Å². The number of hydrogen-bond donors (Lipinski definition) is 2. The molecule has 4 heterocycles. The molecule has 0 aromatic carbocycles. The Kier molecular flexibility index (Phi) is 4.76. The maximum Gasteiger partial charge on any atom is 0.453 e. The zero-order valence-corrected chi connectivity index (χ0v) is 15.8. The zero-order chi connectivity index (χ0) is 20.1. The Morgan fingerprint density at radius 1 is 1.21 bits per heavy atom. The van der Waals surface area contributed by atoms with Crippen LogP contribution in [0.25, 0.3) is 5.78 Å². The normalized spacial score (nSPS) is 24.7. The molecule has 0 spiro atoms. The number of fused-ring (bicyclic) bond motifs is 3. The topological polar surface area (TPSA) is 84.2 Å². The molecule has 0 radical (unpaired) electrons. The van der Waals surface area contributed by atoms with E-state index in [9.17, 15) is 18.0 Å². The molecule has 28 heavy (non-hydrogen) atoms. The maximum atomic E-state index is 12.9. The summed E-state index contributed by atoms with van der Waals surface area (Å²) in [6, 6.07) is 1.18. The minimum absolute atomic E-state index is 0.0419. The van der Waals surface area contributed by atoms with E-state index in [2.05, 4.69) is 25.7 Å². The highest BCUT2D eigenvalue weighted by molar-refractivity contribution is 5.76. The van der Waals surface area contributed by atoms with E-state index in [0.717, 1.165) is 22.9 Å². The highest BCUT2D eigenvalue weighted by Crippen LogP contribution is 2.28. The van der Waals surface area contributed by atoms with Crippen LogP contribution < -0.4 is 10.6 Å². The molecule has 0 saturated carbocycles. The van der Waals surface area contributed by atoms with Crippen LogP contribution in [-0.4, -0.2) is 43.6 Å². The van der Waals surface area contributed by atoms with Crippen LogP contribution in [-0.2, 0) is 17.4 Å². The minimum Gasteiger partial charge on any atom is -0.353 e. The SMILES string of the molecule is Cc1nc2nc(C(F)(F)F)nn2c(C)c1CCC(=O)NC1CC2CCC(C1)N2. The molecular weight excluding hydrogens is 373 g/mol. The lowest BCUT2D eigenvalue weighted by Gasteiger charge is -2.29. The molecule has 1 amide bonds. The second-order valence-corrected chi connectivity index (χ2v) is 7.78. The number of halogens is 3. The number of aryl methyl sites for hydroxylation is 2. The zero-order valence-electron chi connectivity index (χ0n) is 15.8. The number of piperidine rings is 1. The van der Waals surface area contributed by atoms with Gasteiger partial charge in [-0.25, -0.2) is 9.50 Å². The van der Waals surface area contributed by atoms with E-state index < -0.39 is 12.0 Å². The summed E-state index contributed by atoms with van der Waals surface area (Å²) < 4.78 is 39.7. The highest BCUT2D eigenvalue weighted by Gasteiger charge is 2.37. The number of nitrogens with zero attached hydrogens (tertiary/aromatic N) is 4. The van der Waals surface area contributed by atoms with Crippen molar-refractivity contribution in [2.75, 3.05) is 0 Å². The lowest BCUT2D eigenvalue weighted by molar-refractivity contribution is -0.144. The average molecular weight is 396 g/mol. The van der Waals surface area contributed by atoms with Gasteiger partial charge in [0.05, 0.1) is 0 Å². The quantitative estimate of drug-likeness (QED) is 0.827. The van der Waals surface area contributed by atoms with Crippen LogP contribution in [0.4, 0.5) is 13.2 Å².